The summed E-state index contributed by atoms with van der Waals surface area (Å²) in [7, 11) is 0. The van der Waals surface area contributed by atoms with Gasteiger partial charge in [0.1, 0.15) is 0 Å². The smallest absolute Gasteiger partial charge is 0.335 e. The fourth-order valence-electron chi connectivity index (χ4n) is 1.20. The van der Waals surface area contributed by atoms with Crippen LogP contribution < -0.4 is 5.73 Å². The summed E-state index contributed by atoms with van der Waals surface area (Å²) in [6.45, 7) is -0.0999. The molecule has 0 heterocycles. The summed E-state index contributed by atoms with van der Waals surface area (Å²) in [6.07, 6.45) is 0.484. The molecule has 0 aliphatic heterocycles. The second-order valence-electron chi connectivity index (χ2n) is 3.15. The second kappa shape index (κ2) is 6.40. The zero-order valence-electron chi connectivity index (χ0n) is 8.09. The molecule has 0 saturated carbocycles. The summed E-state index contributed by atoms with van der Waals surface area (Å²) < 4.78 is 0. The number of benzene rings is 1. The lowest BCUT2D eigenvalue weighted by Gasteiger charge is -2.07. The van der Waals surface area contributed by atoms with Gasteiger partial charge in [-0.25, -0.2) is 4.79 Å². The number of hydrogen-bond acceptors (Lipinski definition) is 3. The SMILES string of the molecule is Cl.N[C@@H](CO)Cc1cccc(C(=O)O)c1. The van der Waals surface area contributed by atoms with Gasteiger partial charge in [0.2, 0.25) is 0 Å². The van der Waals surface area contributed by atoms with E-state index in [2.05, 4.69) is 0 Å². The Balaban J connectivity index is 0.00000196. The largest absolute Gasteiger partial charge is 0.478 e. The normalized spacial score (nSPS) is 11.6. The Hall–Kier alpha value is -1.10. The lowest BCUT2D eigenvalue weighted by atomic mass is 10.0. The van der Waals surface area contributed by atoms with Crippen LogP contribution in [0.1, 0.15) is 15.9 Å². The highest BCUT2D eigenvalue weighted by atomic mass is 35.5. The topological polar surface area (TPSA) is 83.5 Å². The summed E-state index contributed by atoms with van der Waals surface area (Å²) in [5, 5.41) is 17.5. The molecule has 84 valence electrons. The van der Waals surface area contributed by atoms with Crippen LogP contribution in [0.5, 0.6) is 0 Å². The molecule has 5 heteroatoms. The van der Waals surface area contributed by atoms with Crippen LogP contribution in [-0.2, 0) is 6.42 Å². The average Bonchev–Trinajstić information content (AvgIpc) is 2.18. The Bertz CT molecular complexity index is 330. The third kappa shape index (κ3) is 4.29. The van der Waals surface area contributed by atoms with E-state index in [-0.39, 0.29) is 30.6 Å². The second-order valence-corrected chi connectivity index (χ2v) is 3.15. The van der Waals surface area contributed by atoms with Crippen molar-refractivity contribution in [2.45, 2.75) is 12.5 Å². The van der Waals surface area contributed by atoms with Gasteiger partial charge >= 0.3 is 5.97 Å². The van der Waals surface area contributed by atoms with Crippen molar-refractivity contribution in [2.24, 2.45) is 5.73 Å². The van der Waals surface area contributed by atoms with E-state index in [1.54, 1.807) is 18.2 Å². The zero-order valence-corrected chi connectivity index (χ0v) is 8.91. The van der Waals surface area contributed by atoms with Crippen molar-refractivity contribution in [2.75, 3.05) is 6.61 Å². The van der Waals surface area contributed by atoms with Gasteiger partial charge in [-0.05, 0) is 24.1 Å². The first-order valence-corrected chi connectivity index (χ1v) is 4.32. The van der Waals surface area contributed by atoms with Gasteiger partial charge in [0.15, 0.2) is 0 Å². The monoisotopic (exact) mass is 231 g/mol. The minimum absolute atomic E-state index is 0. The van der Waals surface area contributed by atoms with Gasteiger partial charge in [0.05, 0.1) is 12.2 Å². The molecule has 0 radical (unpaired) electrons. The Kier molecular flexibility index (Phi) is 5.93. The Morgan fingerprint density at radius 1 is 1.47 bits per heavy atom. The van der Waals surface area contributed by atoms with Crippen LogP contribution in [0, 0.1) is 0 Å². The molecule has 15 heavy (non-hydrogen) atoms. The molecular weight excluding hydrogens is 218 g/mol. The predicted octanol–water partition coefficient (Wildman–Crippen LogP) is 0.669. The fraction of sp³-hybridized carbons (Fsp3) is 0.300. The minimum Gasteiger partial charge on any atom is -0.478 e. The lowest BCUT2D eigenvalue weighted by molar-refractivity contribution is 0.0696. The van der Waals surface area contributed by atoms with Crippen LogP contribution >= 0.6 is 12.4 Å². The van der Waals surface area contributed by atoms with Gasteiger partial charge in [-0.2, -0.15) is 0 Å². The number of carboxylic acid groups (broad SMARTS) is 1. The number of carbonyl (C=O) groups is 1. The van der Waals surface area contributed by atoms with Gasteiger partial charge in [-0.1, -0.05) is 12.1 Å². The summed E-state index contributed by atoms with van der Waals surface area (Å²) in [5.74, 6) is -0.954. The van der Waals surface area contributed by atoms with E-state index in [1.165, 1.54) is 6.07 Å². The maximum atomic E-state index is 10.6. The molecule has 0 amide bonds. The lowest BCUT2D eigenvalue weighted by Crippen LogP contribution is -2.26. The first kappa shape index (κ1) is 13.9. The van der Waals surface area contributed by atoms with Crippen molar-refractivity contribution in [3.63, 3.8) is 0 Å². The van der Waals surface area contributed by atoms with Crippen LogP contribution in [-0.4, -0.2) is 28.8 Å². The molecule has 4 N–H and O–H groups in total. The molecule has 1 rings (SSSR count). The first-order chi connectivity index (χ1) is 6.63. The number of aromatic carboxylic acids is 1. The van der Waals surface area contributed by atoms with Crippen LogP contribution in [0.15, 0.2) is 24.3 Å². The molecule has 1 aromatic rings. The molecule has 1 aromatic carbocycles. The van der Waals surface area contributed by atoms with Gasteiger partial charge < -0.3 is 15.9 Å². The maximum absolute atomic E-state index is 10.6. The van der Waals surface area contributed by atoms with E-state index < -0.39 is 5.97 Å². The van der Waals surface area contributed by atoms with Crippen molar-refractivity contribution in [1.82, 2.24) is 0 Å². The van der Waals surface area contributed by atoms with Gasteiger partial charge in [0, 0.05) is 6.04 Å². The van der Waals surface area contributed by atoms with Gasteiger partial charge in [0.25, 0.3) is 0 Å². The molecule has 0 unspecified atom stereocenters. The van der Waals surface area contributed by atoms with E-state index in [1.807, 2.05) is 0 Å². The highest BCUT2D eigenvalue weighted by Crippen LogP contribution is 2.07. The van der Waals surface area contributed by atoms with Gasteiger partial charge in [-0.3, -0.25) is 0 Å². The molecule has 0 saturated heterocycles. The van der Waals surface area contributed by atoms with Crippen molar-refractivity contribution in [3.05, 3.63) is 35.4 Å². The number of halogens is 1. The molecule has 0 fully saturated rings. The third-order valence-electron chi connectivity index (χ3n) is 1.91. The summed E-state index contributed by atoms with van der Waals surface area (Å²) in [4.78, 5) is 10.6. The summed E-state index contributed by atoms with van der Waals surface area (Å²) in [6, 6.07) is 6.22. The number of carboxylic acids is 1. The highest BCUT2D eigenvalue weighted by molar-refractivity contribution is 5.87. The molecule has 0 spiro atoms. The zero-order chi connectivity index (χ0) is 10.6. The van der Waals surface area contributed by atoms with Crippen LogP contribution in [0.2, 0.25) is 0 Å². The molecule has 4 nitrogen and oxygen atoms in total. The van der Waals surface area contributed by atoms with Gasteiger partial charge in [-0.15, -0.1) is 12.4 Å². The number of rotatable bonds is 4. The standard InChI is InChI=1S/C10H13NO3.ClH/c11-9(6-12)5-7-2-1-3-8(4-7)10(13)14;/h1-4,9,12H,5-6,11H2,(H,13,14);1H/t9-;/m1./s1. The maximum Gasteiger partial charge on any atom is 0.335 e. The molecule has 0 aliphatic rings. The van der Waals surface area contributed by atoms with Crippen LogP contribution in [0.25, 0.3) is 0 Å². The average molecular weight is 232 g/mol. The van der Waals surface area contributed by atoms with Crippen molar-refractivity contribution in [1.29, 1.82) is 0 Å². The quantitative estimate of drug-likeness (QED) is 0.711. The molecule has 0 bridgehead atoms. The third-order valence-corrected chi connectivity index (χ3v) is 1.91. The molecule has 1 atom stereocenters. The van der Waals surface area contributed by atoms with E-state index in [9.17, 15) is 4.79 Å². The summed E-state index contributed by atoms with van der Waals surface area (Å²) >= 11 is 0. The van der Waals surface area contributed by atoms with E-state index in [0.717, 1.165) is 5.56 Å². The van der Waals surface area contributed by atoms with Crippen molar-refractivity contribution >= 4 is 18.4 Å². The minimum atomic E-state index is -0.954. The Morgan fingerprint density at radius 2 is 2.13 bits per heavy atom. The molecule has 0 aromatic heterocycles. The predicted molar refractivity (Wildman–Crippen MR) is 59.4 cm³/mol. The van der Waals surface area contributed by atoms with Crippen molar-refractivity contribution in [3.8, 4) is 0 Å². The fourth-order valence-corrected chi connectivity index (χ4v) is 1.20. The number of aliphatic hydroxyl groups is 1. The number of hydrogen-bond donors (Lipinski definition) is 3. The van der Waals surface area contributed by atoms with E-state index >= 15 is 0 Å². The highest BCUT2D eigenvalue weighted by Gasteiger charge is 2.06. The Morgan fingerprint density at radius 3 is 2.67 bits per heavy atom. The molecular formula is C10H14ClNO3. The van der Waals surface area contributed by atoms with E-state index in [0.29, 0.717) is 6.42 Å². The Labute approximate surface area is 94.1 Å². The van der Waals surface area contributed by atoms with Crippen molar-refractivity contribution < 1.29 is 15.0 Å². The van der Waals surface area contributed by atoms with Crippen LogP contribution in [0.3, 0.4) is 0 Å². The summed E-state index contributed by atoms with van der Waals surface area (Å²) in [5.41, 5.74) is 6.60. The van der Waals surface area contributed by atoms with Crippen LogP contribution in [0.4, 0.5) is 0 Å². The molecule has 0 aliphatic carbocycles. The van der Waals surface area contributed by atoms with E-state index in [4.69, 9.17) is 15.9 Å². The number of aliphatic hydroxyl groups excluding tert-OH is 1. The first-order valence-electron chi connectivity index (χ1n) is 4.32. The number of nitrogens with two attached hydrogens (primary N) is 1.